The molecular weight excluding hydrogens is 484 g/mol. The van der Waals surface area contributed by atoms with Crippen LogP contribution in [0, 0.1) is 22.7 Å². The zero-order chi connectivity index (χ0) is 26.4. The van der Waals surface area contributed by atoms with E-state index in [1.807, 2.05) is 6.07 Å². The fourth-order valence-electron chi connectivity index (χ4n) is 6.14. The molecule has 1 spiro atoms. The molecule has 1 saturated carbocycles. The third-order valence-corrected chi connectivity index (χ3v) is 7.81. The summed E-state index contributed by atoms with van der Waals surface area (Å²) >= 11 is 0. The van der Waals surface area contributed by atoms with Gasteiger partial charge in [0.25, 0.3) is 5.91 Å². The van der Waals surface area contributed by atoms with Crippen LogP contribution in [-0.4, -0.2) is 65.8 Å². The first-order valence-corrected chi connectivity index (χ1v) is 12.5. The van der Waals surface area contributed by atoms with Gasteiger partial charge in [0, 0.05) is 48.2 Å². The van der Waals surface area contributed by atoms with Crippen molar-refractivity contribution in [2.75, 3.05) is 20.2 Å². The topological polar surface area (TPSA) is 127 Å². The SMILES string of the molecule is COc1cccc2[nH]c(C(=O)N3CC4(CC3C(=O)N[C@H](C#N)C[C@@H]3CCCNC3=O)CC(F)(F)C4)cc12. The number of aromatic nitrogens is 1. The van der Waals surface area contributed by atoms with E-state index >= 15 is 0 Å². The quantitative estimate of drug-likeness (QED) is 0.548. The van der Waals surface area contributed by atoms with Crippen LogP contribution in [0.25, 0.3) is 10.9 Å². The summed E-state index contributed by atoms with van der Waals surface area (Å²) in [6, 6.07) is 7.05. The molecule has 1 aromatic carbocycles. The van der Waals surface area contributed by atoms with Gasteiger partial charge in [-0.05, 0) is 43.9 Å². The number of methoxy groups -OCH3 is 1. The first-order valence-electron chi connectivity index (χ1n) is 12.5. The summed E-state index contributed by atoms with van der Waals surface area (Å²) in [5, 5.41) is 15.8. The van der Waals surface area contributed by atoms with Crippen LogP contribution in [-0.2, 0) is 9.59 Å². The van der Waals surface area contributed by atoms with Gasteiger partial charge in [0.2, 0.25) is 17.7 Å². The molecule has 5 rings (SSSR count). The number of likely N-dealkylation sites (tertiary alicyclic amines) is 1. The Balaban J connectivity index is 1.37. The second kappa shape index (κ2) is 9.32. The van der Waals surface area contributed by atoms with E-state index in [4.69, 9.17) is 4.74 Å². The number of halogens is 2. The lowest BCUT2D eigenvalue weighted by Gasteiger charge is -2.44. The third-order valence-electron chi connectivity index (χ3n) is 7.81. The summed E-state index contributed by atoms with van der Waals surface area (Å²) in [5.41, 5.74) is 0.0373. The maximum atomic E-state index is 13.9. The molecule has 11 heteroatoms. The Bertz CT molecular complexity index is 1280. The summed E-state index contributed by atoms with van der Waals surface area (Å²) in [5.74, 6) is -3.84. The molecule has 3 amide bonds. The number of amides is 3. The Morgan fingerprint density at radius 1 is 1.35 bits per heavy atom. The predicted molar refractivity (Wildman–Crippen MR) is 129 cm³/mol. The fraction of sp³-hybridized carbons (Fsp3) is 0.538. The monoisotopic (exact) mass is 513 g/mol. The number of nitriles is 1. The van der Waals surface area contributed by atoms with Gasteiger partial charge in [-0.25, -0.2) is 8.78 Å². The minimum Gasteiger partial charge on any atom is -0.496 e. The van der Waals surface area contributed by atoms with Gasteiger partial charge in [-0.3, -0.25) is 14.4 Å². The standard InChI is InChI=1S/C26H29F2N5O4/c1-37-21-6-2-5-18-17(21)9-19(32-18)24(36)33-14-25(12-26(27,28)13-25)10-20(33)23(35)31-16(11-29)8-15-4-3-7-30-22(15)34/h2,5-6,9,15-16,20,32H,3-4,7-8,10,12-14H2,1H3,(H,30,34)(H,31,35)/t15-,16-,20?/m0/s1. The summed E-state index contributed by atoms with van der Waals surface area (Å²) < 4.78 is 33.2. The highest BCUT2D eigenvalue weighted by Crippen LogP contribution is 2.58. The van der Waals surface area contributed by atoms with Gasteiger partial charge in [-0.2, -0.15) is 5.26 Å². The van der Waals surface area contributed by atoms with Gasteiger partial charge >= 0.3 is 0 Å². The molecule has 1 aliphatic carbocycles. The second-order valence-corrected chi connectivity index (χ2v) is 10.5. The number of hydrogen-bond donors (Lipinski definition) is 3. The Labute approximate surface area is 212 Å². The first kappa shape index (κ1) is 25.0. The molecule has 2 aromatic rings. The van der Waals surface area contributed by atoms with Gasteiger partial charge in [-0.15, -0.1) is 0 Å². The highest BCUT2D eigenvalue weighted by atomic mass is 19.3. The minimum absolute atomic E-state index is 0.0221. The first-order chi connectivity index (χ1) is 17.6. The molecule has 2 aliphatic heterocycles. The van der Waals surface area contributed by atoms with Crippen molar-refractivity contribution in [2.24, 2.45) is 11.3 Å². The molecule has 0 bridgehead atoms. The molecule has 3 atom stereocenters. The number of carbonyl (C=O) groups is 3. The molecule has 3 fully saturated rings. The zero-order valence-corrected chi connectivity index (χ0v) is 20.5. The predicted octanol–water partition coefficient (Wildman–Crippen LogP) is 2.73. The molecule has 3 N–H and O–H groups in total. The second-order valence-electron chi connectivity index (χ2n) is 10.5. The van der Waals surface area contributed by atoms with Crippen molar-refractivity contribution in [2.45, 2.75) is 56.5 Å². The van der Waals surface area contributed by atoms with Crippen molar-refractivity contribution >= 4 is 28.6 Å². The number of nitrogens with zero attached hydrogens (tertiary/aromatic N) is 2. The van der Waals surface area contributed by atoms with E-state index in [1.165, 1.54) is 12.0 Å². The number of alkyl halides is 2. The van der Waals surface area contributed by atoms with Crippen LogP contribution in [0.2, 0.25) is 0 Å². The number of nitrogens with one attached hydrogen (secondary N) is 3. The Morgan fingerprint density at radius 3 is 2.81 bits per heavy atom. The highest BCUT2D eigenvalue weighted by molar-refractivity contribution is 6.02. The van der Waals surface area contributed by atoms with Crippen LogP contribution in [0.15, 0.2) is 24.3 Å². The average molecular weight is 514 g/mol. The van der Waals surface area contributed by atoms with Crippen LogP contribution in [0.5, 0.6) is 5.75 Å². The van der Waals surface area contributed by atoms with Gasteiger partial charge in [0.05, 0.1) is 13.2 Å². The number of aromatic amines is 1. The lowest BCUT2D eigenvalue weighted by atomic mass is 9.65. The third kappa shape index (κ3) is 4.72. The van der Waals surface area contributed by atoms with E-state index < -0.39 is 54.0 Å². The molecule has 196 valence electrons. The van der Waals surface area contributed by atoms with Gasteiger partial charge in [0.15, 0.2) is 0 Å². The van der Waals surface area contributed by atoms with Crippen LogP contribution >= 0.6 is 0 Å². The number of benzene rings is 1. The Morgan fingerprint density at radius 2 is 2.14 bits per heavy atom. The van der Waals surface area contributed by atoms with Crippen molar-refractivity contribution < 1.29 is 27.9 Å². The molecule has 37 heavy (non-hydrogen) atoms. The molecule has 0 radical (unpaired) electrons. The van der Waals surface area contributed by atoms with Gasteiger partial charge in [0.1, 0.15) is 23.5 Å². The molecular formula is C26H29F2N5O4. The van der Waals surface area contributed by atoms with Crippen molar-refractivity contribution in [3.63, 3.8) is 0 Å². The van der Waals surface area contributed by atoms with Gasteiger partial charge < -0.3 is 25.3 Å². The normalized spacial score (nSPS) is 24.7. The van der Waals surface area contributed by atoms with Gasteiger partial charge in [-0.1, -0.05) is 6.07 Å². The van der Waals surface area contributed by atoms with Crippen molar-refractivity contribution in [3.8, 4) is 11.8 Å². The number of rotatable bonds is 6. The van der Waals surface area contributed by atoms with Crippen molar-refractivity contribution in [1.82, 2.24) is 20.5 Å². The lowest BCUT2D eigenvalue weighted by Crippen LogP contribution is -2.50. The maximum Gasteiger partial charge on any atom is 0.271 e. The van der Waals surface area contributed by atoms with E-state index in [-0.39, 0.29) is 31.0 Å². The zero-order valence-electron chi connectivity index (χ0n) is 20.5. The van der Waals surface area contributed by atoms with Crippen LogP contribution in [0.1, 0.15) is 49.0 Å². The molecule has 9 nitrogen and oxygen atoms in total. The van der Waals surface area contributed by atoms with Crippen LogP contribution in [0.3, 0.4) is 0 Å². The van der Waals surface area contributed by atoms with E-state index in [2.05, 4.69) is 15.6 Å². The van der Waals surface area contributed by atoms with Crippen molar-refractivity contribution in [1.29, 1.82) is 5.26 Å². The Kier molecular flexibility index (Phi) is 6.30. The summed E-state index contributed by atoms with van der Waals surface area (Å²) in [4.78, 5) is 43.5. The maximum absolute atomic E-state index is 13.9. The molecule has 1 aromatic heterocycles. The number of fused-ring (bicyclic) bond motifs is 1. The summed E-state index contributed by atoms with van der Waals surface area (Å²) in [6.07, 6.45) is 0.872. The molecule has 3 heterocycles. The van der Waals surface area contributed by atoms with Crippen LogP contribution in [0.4, 0.5) is 8.78 Å². The smallest absolute Gasteiger partial charge is 0.271 e. The average Bonchev–Trinajstić information content (AvgIpc) is 3.46. The van der Waals surface area contributed by atoms with Crippen molar-refractivity contribution in [3.05, 3.63) is 30.0 Å². The van der Waals surface area contributed by atoms with E-state index in [9.17, 15) is 28.4 Å². The van der Waals surface area contributed by atoms with E-state index in [1.54, 1.807) is 24.3 Å². The number of H-pyrrole nitrogens is 1. The summed E-state index contributed by atoms with van der Waals surface area (Å²) in [7, 11) is 1.52. The number of carbonyl (C=O) groups excluding carboxylic acids is 3. The lowest BCUT2D eigenvalue weighted by molar-refractivity contribution is -0.155. The number of piperidine rings is 1. The van der Waals surface area contributed by atoms with E-state index in [0.29, 0.717) is 29.6 Å². The molecule has 3 aliphatic rings. The molecule has 1 unspecified atom stereocenters. The Hall–Kier alpha value is -3.68. The van der Waals surface area contributed by atoms with E-state index in [0.717, 1.165) is 6.42 Å². The molecule has 2 saturated heterocycles. The fourth-order valence-corrected chi connectivity index (χ4v) is 6.14. The minimum atomic E-state index is -2.82. The number of hydrogen-bond acceptors (Lipinski definition) is 5. The highest BCUT2D eigenvalue weighted by Gasteiger charge is 2.62. The number of ether oxygens (including phenoxy) is 1. The summed E-state index contributed by atoms with van der Waals surface area (Å²) in [6.45, 7) is 0.610. The van der Waals surface area contributed by atoms with Crippen LogP contribution < -0.4 is 15.4 Å². The largest absolute Gasteiger partial charge is 0.496 e.